The Morgan fingerprint density at radius 3 is 2.45 bits per heavy atom. The standard InChI is InChI=1S/C29H27NO/c1-18-15-20(29(3,4)5)13-14-21(18)25-16-26(30-17-19(25)2)24-11-8-10-23-22-9-6-7-12-27(22)31-28(23)24/h6-17H,1-5H3/i1D3,2D3,14D. The molecule has 2 nitrogen and oxygen atoms in total. The highest BCUT2D eigenvalue weighted by molar-refractivity contribution is 6.09. The van der Waals surface area contributed by atoms with Crippen LogP contribution < -0.4 is 0 Å². The zero-order valence-electron chi connectivity index (χ0n) is 24.7. The number of aromatic nitrogens is 1. The first kappa shape index (κ1) is 13.1. The molecule has 0 aliphatic heterocycles. The lowest BCUT2D eigenvalue weighted by Crippen LogP contribution is -2.11. The third-order valence-electron chi connectivity index (χ3n) is 5.66. The molecule has 0 amide bonds. The summed E-state index contributed by atoms with van der Waals surface area (Å²) in [6.45, 7) is 0.680. The number of para-hydroxylation sites is 2. The second-order valence-corrected chi connectivity index (χ2v) is 8.82. The molecule has 0 saturated heterocycles. The molecule has 0 fully saturated rings. The largest absolute Gasteiger partial charge is 0.455 e. The fraction of sp³-hybridized carbons (Fsp3) is 0.207. The van der Waals surface area contributed by atoms with Gasteiger partial charge >= 0.3 is 0 Å². The average Bonchev–Trinajstić information content (AvgIpc) is 3.20. The van der Waals surface area contributed by atoms with E-state index in [1.54, 1.807) is 18.2 Å². The van der Waals surface area contributed by atoms with Gasteiger partial charge in [0.1, 0.15) is 11.2 Å². The lowest BCUT2D eigenvalue weighted by Gasteiger charge is -2.21. The van der Waals surface area contributed by atoms with E-state index >= 15 is 0 Å². The van der Waals surface area contributed by atoms with Gasteiger partial charge in [-0.3, -0.25) is 4.98 Å². The van der Waals surface area contributed by atoms with Crippen LogP contribution in [0.15, 0.2) is 77.3 Å². The second-order valence-electron chi connectivity index (χ2n) is 8.82. The third kappa shape index (κ3) is 3.33. The molecule has 0 radical (unpaired) electrons. The number of pyridine rings is 1. The fourth-order valence-corrected chi connectivity index (χ4v) is 3.91. The molecule has 0 unspecified atom stereocenters. The Morgan fingerprint density at radius 2 is 1.65 bits per heavy atom. The summed E-state index contributed by atoms with van der Waals surface area (Å²) < 4.78 is 64.2. The van der Waals surface area contributed by atoms with Crippen molar-refractivity contribution in [2.45, 2.75) is 39.9 Å². The van der Waals surface area contributed by atoms with Crippen LogP contribution in [-0.2, 0) is 5.41 Å². The van der Waals surface area contributed by atoms with Crippen LogP contribution in [0.3, 0.4) is 0 Å². The first-order valence-electron chi connectivity index (χ1n) is 13.7. The van der Waals surface area contributed by atoms with Crippen LogP contribution >= 0.6 is 0 Å². The van der Waals surface area contributed by atoms with Crippen molar-refractivity contribution in [3.8, 4) is 22.4 Å². The molecule has 0 spiro atoms. The van der Waals surface area contributed by atoms with Crippen LogP contribution in [0.1, 0.15) is 47.1 Å². The highest BCUT2D eigenvalue weighted by Crippen LogP contribution is 2.37. The van der Waals surface area contributed by atoms with Crippen molar-refractivity contribution >= 4 is 21.9 Å². The van der Waals surface area contributed by atoms with Crippen LogP contribution in [0.2, 0.25) is 0 Å². The summed E-state index contributed by atoms with van der Waals surface area (Å²) >= 11 is 0. The van der Waals surface area contributed by atoms with Crippen molar-refractivity contribution in [2.24, 2.45) is 0 Å². The lowest BCUT2D eigenvalue weighted by molar-refractivity contribution is 0.590. The number of hydrogen-bond donors (Lipinski definition) is 0. The molecule has 0 atom stereocenters. The maximum atomic E-state index is 8.86. The second kappa shape index (κ2) is 7.09. The van der Waals surface area contributed by atoms with E-state index in [-0.39, 0.29) is 28.3 Å². The predicted molar refractivity (Wildman–Crippen MR) is 131 cm³/mol. The van der Waals surface area contributed by atoms with Crippen molar-refractivity contribution in [3.63, 3.8) is 0 Å². The van der Waals surface area contributed by atoms with Crippen LogP contribution in [0.25, 0.3) is 44.3 Å². The van der Waals surface area contributed by atoms with E-state index in [0.717, 1.165) is 10.8 Å². The number of rotatable bonds is 2. The van der Waals surface area contributed by atoms with E-state index in [4.69, 9.17) is 14.0 Å². The molecule has 3 aromatic carbocycles. The van der Waals surface area contributed by atoms with Gasteiger partial charge in [-0.15, -0.1) is 0 Å². The van der Waals surface area contributed by atoms with E-state index < -0.39 is 19.1 Å². The fourth-order valence-electron chi connectivity index (χ4n) is 3.91. The summed E-state index contributed by atoms with van der Waals surface area (Å²) in [5.74, 6) is 0. The molecule has 0 N–H and O–H groups in total. The number of furan rings is 1. The highest BCUT2D eigenvalue weighted by Gasteiger charge is 2.17. The van der Waals surface area contributed by atoms with Crippen molar-refractivity contribution in [1.29, 1.82) is 0 Å². The van der Waals surface area contributed by atoms with Gasteiger partial charge in [0.05, 0.1) is 7.06 Å². The van der Waals surface area contributed by atoms with Crippen LogP contribution in [0, 0.1) is 13.7 Å². The minimum Gasteiger partial charge on any atom is -0.455 e. The van der Waals surface area contributed by atoms with Gasteiger partial charge < -0.3 is 4.42 Å². The molecule has 0 aliphatic rings. The number of hydrogen-bond acceptors (Lipinski definition) is 2. The zero-order chi connectivity index (χ0) is 27.6. The monoisotopic (exact) mass is 412 g/mol. The molecule has 0 bridgehead atoms. The average molecular weight is 413 g/mol. The van der Waals surface area contributed by atoms with Gasteiger partial charge in [-0.05, 0) is 65.1 Å². The summed E-state index contributed by atoms with van der Waals surface area (Å²) in [7, 11) is 0. The summed E-state index contributed by atoms with van der Waals surface area (Å²) in [5, 5.41) is 1.83. The Morgan fingerprint density at radius 1 is 0.839 bits per heavy atom. The van der Waals surface area contributed by atoms with Gasteiger partial charge in [0.15, 0.2) is 0 Å². The maximum Gasteiger partial charge on any atom is 0.144 e. The summed E-state index contributed by atoms with van der Waals surface area (Å²) in [5.41, 5.74) is 2.73. The molecule has 31 heavy (non-hydrogen) atoms. The van der Waals surface area contributed by atoms with Crippen molar-refractivity contribution in [3.05, 3.63) is 89.6 Å². The van der Waals surface area contributed by atoms with Crippen LogP contribution in [-0.4, -0.2) is 4.98 Å². The van der Waals surface area contributed by atoms with E-state index in [9.17, 15) is 0 Å². The maximum absolute atomic E-state index is 8.86. The Labute approximate surface area is 193 Å². The Kier molecular flexibility index (Phi) is 3.00. The molecule has 2 heterocycles. The van der Waals surface area contributed by atoms with Gasteiger partial charge in [-0.25, -0.2) is 0 Å². The highest BCUT2D eigenvalue weighted by atomic mass is 16.3. The molecular weight excluding hydrogens is 378 g/mol. The third-order valence-corrected chi connectivity index (χ3v) is 5.66. The summed E-state index contributed by atoms with van der Waals surface area (Å²) in [6.07, 6.45) is 1.26. The van der Waals surface area contributed by atoms with Gasteiger partial charge in [0.25, 0.3) is 0 Å². The number of benzene rings is 3. The number of aryl methyl sites for hydroxylation is 2. The molecule has 5 aromatic rings. The normalized spacial score (nSPS) is 16.2. The number of nitrogens with zero attached hydrogens (tertiary/aromatic N) is 1. The zero-order valence-corrected chi connectivity index (χ0v) is 17.7. The van der Waals surface area contributed by atoms with Gasteiger partial charge in [0.2, 0.25) is 0 Å². The first-order chi connectivity index (χ1) is 17.7. The summed E-state index contributed by atoms with van der Waals surface area (Å²) in [6, 6.07) is 18.0. The van der Waals surface area contributed by atoms with E-state index in [1.807, 2.05) is 63.2 Å². The molecule has 5 rings (SSSR count). The molecular formula is C29H27NO. The topological polar surface area (TPSA) is 26.0 Å². The summed E-state index contributed by atoms with van der Waals surface area (Å²) in [4.78, 5) is 4.48. The Hall–Kier alpha value is -3.39. The van der Waals surface area contributed by atoms with Crippen molar-refractivity contribution in [1.82, 2.24) is 4.98 Å². The van der Waals surface area contributed by atoms with Gasteiger partial charge in [0, 0.05) is 30.8 Å². The van der Waals surface area contributed by atoms with E-state index in [2.05, 4.69) is 4.98 Å². The van der Waals surface area contributed by atoms with Gasteiger partial charge in [-0.1, -0.05) is 69.3 Å². The van der Waals surface area contributed by atoms with Crippen molar-refractivity contribution < 1.29 is 14.0 Å². The molecule has 0 aliphatic carbocycles. The Balaban J connectivity index is 1.84. The van der Waals surface area contributed by atoms with E-state index in [1.165, 1.54) is 6.20 Å². The first-order valence-corrected chi connectivity index (χ1v) is 10.2. The van der Waals surface area contributed by atoms with Crippen LogP contribution in [0.4, 0.5) is 0 Å². The molecule has 2 heteroatoms. The van der Waals surface area contributed by atoms with Crippen LogP contribution in [0.5, 0.6) is 0 Å². The quantitative estimate of drug-likeness (QED) is 0.292. The Bertz CT molecular complexity index is 1690. The van der Waals surface area contributed by atoms with Gasteiger partial charge in [-0.2, -0.15) is 0 Å². The van der Waals surface area contributed by atoms with Crippen molar-refractivity contribution in [2.75, 3.05) is 0 Å². The molecule has 154 valence electrons. The lowest BCUT2D eigenvalue weighted by atomic mass is 9.84. The molecule has 0 saturated carbocycles. The molecule has 2 aromatic heterocycles. The number of fused-ring (bicyclic) bond motifs is 3. The van der Waals surface area contributed by atoms with E-state index in [0.29, 0.717) is 28.0 Å². The predicted octanol–water partition coefficient (Wildman–Crippen LogP) is 8.23. The minimum absolute atomic E-state index is 0.0480. The minimum atomic E-state index is -2.58. The SMILES string of the molecule is [2H]c1cc(C(C)(C)C)cc(C([2H])([2H])[2H])c1-c1cc(-c2cccc3c2oc2ccccc23)ncc1C([2H])([2H])[2H]. The smallest absolute Gasteiger partial charge is 0.144 e.